The molecule has 2 amide bonds. The maximum Gasteiger partial charge on any atom is 0.270 e. The Balaban J connectivity index is 2.07. The molecule has 0 bridgehead atoms. The Morgan fingerprint density at radius 3 is 2.61 bits per heavy atom. The number of nitro benzene ring substituents is 1. The first-order valence-electron chi connectivity index (χ1n) is 7.45. The highest BCUT2D eigenvalue weighted by Gasteiger charge is 2.28. The molecule has 0 spiro atoms. The molecule has 124 valence electrons. The number of rotatable bonds is 4. The van der Waals surface area contributed by atoms with Gasteiger partial charge in [0.15, 0.2) is 0 Å². The molecule has 1 aliphatic rings. The molecule has 7 nitrogen and oxygen atoms in total. The van der Waals surface area contributed by atoms with Crippen molar-refractivity contribution in [1.82, 2.24) is 10.2 Å². The second-order valence-corrected chi connectivity index (χ2v) is 6.54. The largest absolute Gasteiger partial charge is 0.356 e. The van der Waals surface area contributed by atoms with Crippen LogP contribution in [0, 0.1) is 19.6 Å². The molecule has 1 aromatic rings. The Morgan fingerprint density at radius 1 is 1.39 bits per heavy atom. The zero-order valence-corrected chi connectivity index (χ0v) is 14.9. The van der Waals surface area contributed by atoms with Gasteiger partial charge in [0.05, 0.1) is 10.5 Å². The van der Waals surface area contributed by atoms with E-state index in [2.05, 4.69) is 5.32 Å². The molecule has 0 aliphatic carbocycles. The van der Waals surface area contributed by atoms with Crippen LogP contribution in [0.2, 0.25) is 0 Å². The number of likely N-dealkylation sites (tertiary alicyclic amines) is 1. The number of hydrogen-bond donors (Lipinski definition) is 1. The highest BCUT2D eigenvalue weighted by Crippen LogP contribution is 2.24. The van der Waals surface area contributed by atoms with E-state index in [1.54, 1.807) is 11.0 Å². The molecule has 1 aromatic carbocycles. The summed E-state index contributed by atoms with van der Waals surface area (Å²) in [7, 11) is 0. The standard InChI is InChI=1S/C15H18IN3O4/c1-2-17-14(20)10-5-7-18(8-6-10)15(21)12-9-11(19(22)23)3-4-13(12)16/h3-4,9-10H,2,5-8H2,1H3,(H,17,20). The topological polar surface area (TPSA) is 92.6 Å². The molecule has 1 aliphatic heterocycles. The van der Waals surface area contributed by atoms with E-state index >= 15 is 0 Å². The Labute approximate surface area is 147 Å². The molecular formula is C15H18IN3O4. The minimum Gasteiger partial charge on any atom is -0.356 e. The molecule has 1 fully saturated rings. The smallest absolute Gasteiger partial charge is 0.270 e. The average Bonchev–Trinajstić information content (AvgIpc) is 2.55. The van der Waals surface area contributed by atoms with E-state index in [0.29, 0.717) is 41.6 Å². The number of nitrogens with zero attached hydrogens (tertiary/aromatic N) is 2. The normalized spacial score (nSPS) is 15.3. The quantitative estimate of drug-likeness (QED) is 0.450. The number of hydrogen-bond acceptors (Lipinski definition) is 4. The van der Waals surface area contributed by atoms with Crippen LogP contribution in [0.25, 0.3) is 0 Å². The zero-order chi connectivity index (χ0) is 17.0. The van der Waals surface area contributed by atoms with Crippen molar-refractivity contribution in [1.29, 1.82) is 0 Å². The molecule has 8 heteroatoms. The third kappa shape index (κ3) is 4.18. The Morgan fingerprint density at radius 2 is 2.04 bits per heavy atom. The molecule has 0 atom stereocenters. The third-order valence-corrected chi connectivity index (χ3v) is 4.84. The number of nitrogens with one attached hydrogen (secondary N) is 1. The van der Waals surface area contributed by atoms with Crippen molar-refractivity contribution in [2.75, 3.05) is 19.6 Å². The summed E-state index contributed by atoms with van der Waals surface area (Å²) in [5.74, 6) is -0.250. The summed E-state index contributed by atoms with van der Waals surface area (Å²) in [6.07, 6.45) is 1.23. The van der Waals surface area contributed by atoms with Gasteiger partial charge in [0.2, 0.25) is 5.91 Å². The van der Waals surface area contributed by atoms with Crippen LogP contribution in [-0.2, 0) is 4.79 Å². The summed E-state index contributed by atoms with van der Waals surface area (Å²) in [5, 5.41) is 13.7. The highest BCUT2D eigenvalue weighted by molar-refractivity contribution is 14.1. The molecule has 0 unspecified atom stereocenters. The van der Waals surface area contributed by atoms with Gasteiger partial charge in [-0.2, -0.15) is 0 Å². The van der Waals surface area contributed by atoms with Crippen molar-refractivity contribution in [3.05, 3.63) is 37.4 Å². The van der Waals surface area contributed by atoms with Gasteiger partial charge in [0.25, 0.3) is 11.6 Å². The number of nitro groups is 1. The van der Waals surface area contributed by atoms with E-state index in [4.69, 9.17) is 0 Å². The minimum absolute atomic E-state index is 0.0320. The fraction of sp³-hybridized carbons (Fsp3) is 0.467. The second kappa shape index (κ2) is 7.71. The van der Waals surface area contributed by atoms with Gasteiger partial charge in [-0.15, -0.1) is 0 Å². The van der Waals surface area contributed by atoms with Crippen molar-refractivity contribution >= 4 is 40.1 Å². The van der Waals surface area contributed by atoms with Crippen molar-refractivity contribution in [2.24, 2.45) is 5.92 Å². The van der Waals surface area contributed by atoms with Gasteiger partial charge in [-0.25, -0.2) is 0 Å². The first-order valence-corrected chi connectivity index (χ1v) is 8.52. The van der Waals surface area contributed by atoms with Crippen LogP contribution in [0.4, 0.5) is 5.69 Å². The average molecular weight is 431 g/mol. The molecule has 1 saturated heterocycles. The van der Waals surface area contributed by atoms with Gasteiger partial charge in [-0.3, -0.25) is 19.7 Å². The van der Waals surface area contributed by atoms with Gasteiger partial charge in [0.1, 0.15) is 0 Å². The van der Waals surface area contributed by atoms with Gasteiger partial charge < -0.3 is 10.2 Å². The summed E-state index contributed by atoms with van der Waals surface area (Å²) in [6.45, 7) is 3.45. The molecule has 0 saturated carbocycles. The van der Waals surface area contributed by atoms with Crippen LogP contribution in [0.1, 0.15) is 30.1 Å². The van der Waals surface area contributed by atoms with Crippen molar-refractivity contribution in [2.45, 2.75) is 19.8 Å². The van der Waals surface area contributed by atoms with Crippen molar-refractivity contribution in [3.63, 3.8) is 0 Å². The number of non-ortho nitro benzene ring substituents is 1. The fourth-order valence-corrected chi connectivity index (χ4v) is 3.19. The maximum atomic E-state index is 12.6. The molecule has 1 N–H and O–H groups in total. The Bertz CT molecular complexity index is 627. The fourth-order valence-electron chi connectivity index (χ4n) is 2.62. The van der Waals surface area contributed by atoms with Crippen LogP contribution in [0.15, 0.2) is 18.2 Å². The zero-order valence-electron chi connectivity index (χ0n) is 12.8. The lowest BCUT2D eigenvalue weighted by atomic mass is 9.95. The number of halogens is 1. The summed E-state index contributed by atoms with van der Waals surface area (Å²) in [6, 6.07) is 4.28. The number of piperidine rings is 1. The van der Waals surface area contributed by atoms with E-state index in [1.165, 1.54) is 12.1 Å². The summed E-state index contributed by atoms with van der Waals surface area (Å²) in [5.41, 5.74) is 0.252. The highest BCUT2D eigenvalue weighted by atomic mass is 127. The molecule has 0 aromatic heterocycles. The molecule has 23 heavy (non-hydrogen) atoms. The van der Waals surface area contributed by atoms with Crippen molar-refractivity contribution in [3.8, 4) is 0 Å². The first-order chi connectivity index (χ1) is 10.9. The van der Waals surface area contributed by atoms with Gasteiger partial charge in [-0.05, 0) is 48.4 Å². The second-order valence-electron chi connectivity index (χ2n) is 5.38. The molecule has 2 rings (SSSR count). The lowest BCUT2D eigenvalue weighted by Gasteiger charge is -2.31. The monoisotopic (exact) mass is 431 g/mol. The summed E-state index contributed by atoms with van der Waals surface area (Å²) < 4.78 is 0.684. The van der Waals surface area contributed by atoms with Gasteiger partial charge in [-0.1, -0.05) is 0 Å². The van der Waals surface area contributed by atoms with E-state index < -0.39 is 4.92 Å². The summed E-state index contributed by atoms with van der Waals surface area (Å²) >= 11 is 2.00. The van der Waals surface area contributed by atoms with Crippen molar-refractivity contribution < 1.29 is 14.5 Å². The Hall–Kier alpha value is -1.71. The summed E-state index contributed by atoms with van der Waals surface area (Å²) in [4.78, 5) is 36.5. The predicted molar refractivity (Wildman–Crippen MR) is 93.1 cm³/mol. The predicted octanol–water partition coefficient (Wildman–Crippen LogP) is 2.19. The number of amides is 2. The van der Waals surface area contributed by atoms with Crippen LogP contribution in [-0.4, -0.2) is 41.3 Å². The molecule has 0 radical (unpaired) electrons. The lowest BCUT2D eigenvalue weighted by Crippen LogP contribution is -2.43. The van der Waals surface area contributed by atoms with E-state index in [1.807, 2.05) is 29.5 Å². The van der Waals surface area contributed by atoms with Crippen LogP contribution in [0.5, 0.6) is 0 Å². The minimum atomic E-state index is -0.506. The van der Waals surface area contributed by atoms with E-state index in [9.17, 15) is 19.7 Å². The lowest BCUT2D eigenvalue weighted by molar-refractivity contribution is -0.384. The van der Waals surface area contributed by atoms with Crippen LogP contribution in [0.3, 0.4) is 0 Å². The number of carbonyl (C=O) groups excluding carboxylic acids is 2. The maximum absolute atomic E-state index is 12.6. The SMILES string of the molecule is CCNC(=O)C1CCN(C(=O)c2cc([N+](=O)[O-])ccc2I)CC1. The Kier molecular flexibility index (Phi) is 5.91. The van der Waals surface area contributed by atoms with E-state index in [0.717, 1.165) is 0 Å². The van der Waals surface area contributed by atoms with Crippen LogP contribution < -0.4 is 5.32 Å². The molecule has 1 heterocycles. The van der Waals surface area contributed by atoms with Crippen LogP contribution >= 0.6 is 22.6 Å². The van der Waals surface area contributed by atoms with Gasteiger partial charge in [0, 0.05) is 41.3 Å². The first kappa shape index (κ1) is 17.6. The third-order valence-electron chi connectivity index (χ3n) is 3.90. The van der Waals surface area contributed by atoms with E-state index in [-0.39, 0.29) is 23.4 Å². The number of benzene rings is 1. The number of carbonyl (C=O) groups is 2. The van der Waals surface area contributed by atoms with Gasteiger partial charge >= 0.3 is 0 Å². The molecular weight excluding hydrogens is 413 g/mol.